The summed E-state index contributed by atoms with van der Waals surface area (Å²) in [5.41, 5.74) is 3.90. The number of hydrogen-bond donors (Lipinski definition) is 1. The summed E-state index contributed by atoms with van der Waals surface area (Å²) in [6.45, 7) is 7.44. The fraction of sp³-hybridized carbons (Fsp3) is 0.276. The maximum atomic E-state index is 13.2. The van der Waals surface area contributed by atoms with Crippen LogP contribution in [0.5, 0.6) is 0 Å². The molecule has 0 spiro atoms. The highest BCUT2D eigenvalue weighted by Gasteiger charge is 2.28. The van der Waals surface area contributed by atoms with Gasteiger partial charge in [-0.2, -0.15) is 0 Å². The molecule has 1 aromatic heterocycles. The lowest BCUT2D eigenvalue weighted by molar-refractivity contribution is -0.147. The maximum Gasteiger partial charge on any atom is 0.408 e. The maximum absolute atomic E-state index is 13.2. The largest absolute Gasteiger partial charge is 0.459 e. The Labute approximate surface area is 211 Å². The molecule has 1 N–H and O–H groups in total. The standard InChI is InChI=1S/C29H31N3O4/c1-20-14-16-22(17-15-20)32-25-13-9-8-12-23(25)30-26(32)18-24(31-28(34)36-29(2,3)4)27(33)35-19-21-10-6-5-7-11-21/h5-17,24H,18-19H2,1-4H3,(H,31,34). The Bertz CT molecular complexity index is 1340. The topological polar surface area (TPSA) is 82.5 Å². The molecule has 7 nitrogen and oxygen atoms in total. The van der Waals surface area contributed by atoms with Gasteiger partial charge in [-0.05, 0) is 57.5 Å². The number of para-hydroxylation sites is 2. The highest BCUT2D eigenvalue weighted by atomic mass is 16.6. The van der Waals surface area contributed by atoms with E-state index in [1.54, 1.807) is 20.8 Å². The first-order valence-electron chi connectivity index (χ1n) is 11.9. The van der Waals surface area contributed by atoms with Gasteiger partial charge in [0.2, 0.25) is 0 Å². The second kappa shape index (κ2) is 10.6. The van der Waals surface area contributed by atoms with Crippen LogP contribution < -0.4 is 5.32 Å². The van der Waals surface area contributed by atoms with Crippen molar-refractivity contribution < 1.29 is 19.1 Å². The monoisotopic (exact) mass is 485 g/mol. The van der Waals surface area contributed by atoms with Gasteiger partial charge in [0.05, 0.1) is 11.0 Å². The van der Waals surface area contributed by atoms with E-state index in [2.05, 4.69) is 5.32 Å². The Morgan fingerprint density at radius 1 is 0.944 bits per heavy atom. The van der Waals surface area contributed by atoms with Gasteiger partial charge < -0.3 is 14.8 Å². The summed E-state index contributed by atoms with van der Waals surface area (Å²) in [7, 11) is 0. The number of ether oxygens (including phenoxy) is 2. The van der Waals surface area contributed by atoms with Crippen LogP contribution in [-0.4, -0.2) is 33.3 Å². The van der Waals surface area contributed by atoms with E-state index in [0.717, 1.165) is 27.8 Å². The lowest BCUT2D eigenvalue weighted by Gasteiger charge is -2.23. The predicted octanol–water partition coefficient (Wildman–Crippen LogP) is 5.51. The van der Waals surface area contributed by atoms with E-state index in [-0.39, 0.29) is 13.0 Å². The van der Waals surface area contributed by atoms with Crippen LogP contribution in [0.1, 0.15) is 37.7 Å². The van der Waals surface area contributed by atoms with Gasteiger partial charge >= 0.3 is 12.1 Å². The van der Waals surface area contributed by atoms with Gasteiger partial charge in [-0.1, -0.05) is 60.2 Å². The highest BCUT2D eigenvalue weighted by Crippen LogP contribution is 2.23. The first kappa shape index (κ1) is 25.0. The highest BCUT2D eigenvalue weighted by molar-refractivity contribution is 5.82. The second-order valence-corrected chi connectivity index (χ2v) is 9.68. The molecule has 186 valence electrons. The third-order valence-electron chi connectivity index (χ3n) is 5.51. The van der Waals surface area contributed by atoms with Crippen molar-refractivity contribution in [3.63, 3.8) is 0 Å². The fourth-order valence-corrected chi connectivity index (χ4v) is 3.85. The number of amides is 1. The van der Waals surface area contributed by atoms with Crippen LogP contribution in [0.3, 0.4) is 0 Å². The zero-order valence-electron chi connectivity index (χ0n) is 21.0. The first-order chi connectivity index (χ1) is 17.2. The molecule has 0 radical (unpaired) electrons. The van der Waals surface area contributed by atoms with Crippen LogP contribution in [0.15, 0.2) is 78.9 Å². The van der Waals surface area contributed by atoms with Crippen molar-refractivity contribution in [2.24, 2.45) is 0 Å². The lowest BCUT2D eigenvalue weighted by atomic mass is 10.1. The number of alkyl carbamates (subject to hydrolysis) is 1. The molecule has 0 aliphatic carbocycles. The number of esters is 1. The number of nitrogens with one attached hydrogen (secondary N) is 1. The Morgan fingerprint density at radius 2 is 1.61 bits per heavy atom. The Kier molecular flexibility index (Phi) is 7.38. The van der Waals surface area contributed by atoms with E-state index < -0.39 is 23.7 Å². The molecule has 1 amide bonds. The Morgan fingerprint density at radius 3 is 2.31 bits per heavy atom. The average Bonchev–Trinajstić information content (AvgIpc) is 3.20. The number of rotatable bonds is 7. The molecule has 7 heteroatoms. The van der Waals surface area contributed by atoms with Gasteiger partial charge in [-0.25, -0.2) is 14.6 Å². The Hall–Kier alpha value is -4.13. The fourth-order valence-electron chi connectivity index (χ4n) is 3.85. The van der Waals surface area contributed by atoms with Crippen molar-refractivity contribution >= 4 is 23.1 Å². The van der Waals surface area contributed by atoms with Gasteiger partial charge in [0, 0.05) is 12.1 Å². The second-order valence-electron chi connectivity index (χ2n) is 9.68. The molecular formula is C29H31N3O4. The molecule has 4 aromatic rings. The minimum atomic E-state index is -0.996. The zero-order chi connectivity index (χ0) is 25.7. The summed E-state index contributed by atoms with van der Waals surface area (Å²) in [5.74, 6) is 0.0602. The predicted molar refractivity (Wildman–Crippen MR) is 139 cm³/mol. The summed E-state index contributed by atoms with van der Waals surface area (Å²) in [4.78, 5) is 30.6. The number of carbonyl (C=O) groups is 2. The van der Waals surface area contributed by atoms with Crippen molar-refractivity contribution in [1.82, 2.24) is 14.9 Å². The third-order valence-corrected chi connectivity index (χ3v) is 5.51. The van der Waals surface area contributed by atoms with E-state index in [4.69, 9.17) is 14.5 Å². The van der Waals surface area contributed by atoms with Crippen LogP contribution in [0.2, 0.25) is 0 Å². The summed E-state index contributed by atoms with van der Waals surface area (Å²) in [5, 5.41) is 2.70. The lowest BCUT2D eigenvalue weighted by Crippen LogP contribution is -2.45. The minimum Gasteiger partial charge on any atom is -0.459 e. The van der Waals surface area contributed by atoms with Crippen molar-refractivity contribution in [2.45, 2.75) is 52.4 Å². The summed E-state index contributed by atoms with van der Waals surface area (Å²) >= 11 is 0. The van der Waals surface area contributed by atoms with Crippen LogP contribution >= 0.6 is 0 Å². The van der Waals surface area contributed by atoms with E-state index in [9.17, 15) is 9.59 Å². The molecule has 1 heterocycles. The van der Waals surface area contributed by atoms with Gasteiger partial charge in [-0.15, -0.1) is 0 Å². The molecule has 0 aliphatic heterocycles. The van der Waals surface area contributed by atoms with Crippen LogP contribution in [0, 0.1) is 6.92 Å². The molecule has 0 aliphatic rings. The SMILES string of the molecule is Cc1ccc(-n2c(CC(NC(=O)OC(C)(C)C)C(=O)OCc3ccccc3)nc3ccccc32)cc1. The molecule has 0 saturated carbocycles. The van der Waals surface area contributed by atoms with E-state index >= 15 is 0 Å². The van der Waals surface area contributed by atoms with E-state index in [1.165, 1.54) is 0 Å². The van der Waals surface area contributed by atoms with Gasteiger partial charge in [0.25, 0.3) is 0 Å². The van der Waals surface area contributed by atoms with Crippen molar-refractivity contribution in [3.8, 4) is 5.69 Å². The van der Waals surface area contributed by atoms with E-state index in [0.29, 0.717) is 5.82 Å². The van der Waals surface area contributed by atoms with Crippen molar-refractivity contribution in [2.75, 3.05) is 0 Å². The number of imidazole rings is 1. The zero-order valence-corrected chi connectivity index (χ0v) is 21.0. The summed E-state index contributed by atoms with van der Waals surface area (Å²) in [6, 6.07) is 24.3. The molecule has 0 fully saturated rings. The minimum absolute atomic E-state index is 0.0978. The van der Waals surface area contributed by atoms with Crippen LogP contribution in [0.4, 0.5) is 4.79 Å². The number of aryl methyl sites for hydroxylation is 1. The first-order valence-corrected chi connectivity index (χ1v) is 11.9. The average molecular weight is 486 g/mol. The van der Waals surface area contributed by atoms with Gasteiger partial charge in [0.1, 0.15) is 24.1 Å². The Balaban J connectivity index is 1.66. The van der Waals surface area contributed by atoms with Crippen LogP contribution in [-0.2, 0) is 27.3 Å². The molecule has 1 unspecified atom stereocenters. The van der Waals surface area contributed by atoms with E-state index in [1.807, 2.05) is 90.4 Å². The number of aromatic nitrogens is 2. The molecule has 36 heavy (non-hydrogen) atoms. The molecule has 1 atom stereocenters. The number of carbonyl (C=O) groups excluding carboxylic acids is 2. The van der Waals surface area contributed by atoms with Gasteiger partial charge in [-0.3, -0.25) is 4.57 Å². The number of benzene rings is 3. The summed E-state index contributed by atoms with van der Waals surface area (Å²) < 4.78 is 13.0. The molecule has 4 rings (SSSR count). The number of fused-ring (bicyclic) bond motifs is 1. The van der Waals surface area contributed by atoms with Crippen molar-refractivity contribution in [1.29, 1.82) is 0 Å². The number of hydrogen-bond acceptors (Lipinski definition) is 5. The normalized spacial score (nSPS) is 12.2. The third kappa shape index (κ3) is 6.30. The number of nitrogens with zero attached hydrogens (tertiary/aromatic N) is 2. The van der Waals surface area contributed by atoms with Crippen molar-refractivity contribution in [3.05, 3.63) is 95.8 Å². The van der Waals surface area contributed by atoms with Gasteiger partial charge in [0.15, 0.2) is 0 Å². The van der Waals surface area contributed by atoms with Crippen LogP contribution in [0.25, 0.3) is 16.7 Å². The molecule has 0 bridgehead atoms. The quantitative estimate of drug-likeness (QED) is 0.349. The molecule has 0 saturated heterocycles. The smallest absolute Gasteiger partial charge is 0.408 e. The summed E-state index contributed by atoms with van der Waals surface area (Å²) in [6.07, 6.45) is -0.572. The molecule has 3 aromatic carbocycles. The molecular weight excluding hydrogens is 454 g/mol.